The average molecular weight is 323 g/mol. The van der Waals surface area contributed by atoms with E-state index >= 15 is 0 Å². The minimum Gasteiger partial charge on any atom is -0.493 e. The lowest BCUT2D eigenvalue weighted by Gasteiger charge is -2.27. The Hall–Kier alpha value is -2.00. The molecule has 0 spiro atoms. The number of ether oxygens (including phenoxy) is 2. The monoisotopic (exact) mass is 323 g/mol. The van der Waals surface area contributed by atoms with Gasteiger partial charge < -0.3 is 9.47 Å². The molecule has 4 rings (SSSR count). The van der Waals surface area contributed by atoms with Gasteiger partial charge >= 0.3 is 0 Å². The third-order valence-corrected chi connectivity index (χ3v) is 5.20. The second kappa shape index (κ2) is 6.86. The number of aryl methyl sites for hydroxylation is 1. The molecule has 0 amide bonds. The molecular weight excluding hydrogens is 298 g/mol. The van der Waals surface area contributed by atoms with Crippen molar-refractivity contribution in [2.24, 2.45) is 0 Å². The molecule has 2 aromatic carbocycles. The van der Waals surface area contributed by atoms with Crippen LogP contribution in [-0.2, 0) is 19.4 Å². The van der Waals surface area contributed by atoms with Gasteiger partial charge in [0.05, 0.1) is 7.11 Å². The van der Waals surface area contributed by atoms with E-state index in [1.165, 1.54) is 29.5 Å². The highest BCUT2D eigenvalue weighted by Crippen LogP contribution is 2.40. The third kappa shape index (κ3) is 3.01. The Morgan fingerprint density at radius 3 is 2.75 bits per heavy atom. The van der Waals surface area contributed by atoms with Gasteiger partial charge in [-0.3, -0.25) is 4.90 Å². The van der Waals surface area contributed by atoms with Crippen molar-refractivity contribution in [1.29, 1.82) is 0 Å². The van der Waals surface area contributed by atoms with E-state index in [4.69, 9.17) is 9.47 Å². The van der Waals surface area contributed by atoms with Crippen molar-refractivity contribution in [3.05, 3.63) is 59.2 Å². The quantitative estimate of drug-likeness (QED) is 0.824. The van der Waals surface area contributed by atoms with E-state index in [1.54, 1.807) is 7.11 Å². The van der Waals surface area contributed by atoms with Gasteiger partial charge in [-0.15, -0.1) is 0 Å². The highest BCUT2D eigenvalue weighted by atomic mass is 16.5. The Bertz CT molecular complexity index is 698. The fourth-order valence-electron chi connectivity index (χ4n) is 3.96. The number of hydrogen-bond acceptors (Lipinski definition) is 3. The summed E-state index contributed by atoms with van der Waals surface area (Å²) in [6.07, 6.45) is 5.90. The molecule has 1 heterocycles. The van der Waals surface area contributed by atoms with Crippen LogP contribution in [-0.4, -0.2) is 24.8 Å². The van der Waals surface area contributed by atoms with Gasteiger partial charge in [0.2, 0.25) is 0 Å². The van der Waals surface area contributed by atoms with E-state index < -0.39 is 0 Å². The molecule has 0 radical (unpaired) electrons. The third-order valence-electron chi connectivity index (χ3n) is 5.20. The zero-order valence-electron chi connectivity index (χ0n) is 14.3. The van der Waals surface area contributed by atoms with E-state index in [2.05, 4.69) is 47.4 Å². The first kappa shape index (κ1) is 15.5. The SMILES string of the molecule is COc1ccc2c(c1OC1CCCN1Cc1ccccc1)CCC2. The van der Waals surface area contributed by atoms with Gasteiger partial charge in [0.25, 0.3) is 0 Å². The summed E-state index contributed by atoms with van der Waals surface area (Å²) in [5, 5.41) is 0. The molecule has 24 heavy (non-hydrogen) atoms. The number of rotatable bonds is 5. The minimum atomic E-state index is 0.145. The lowest BCUT2D eigenvalue weighted by atomic mass is 10.1. The maximum Gasteiger partial charge on any atom is 0.167 e. The molecule has 1 fully saturated rings. The average Bonchev–Trinajstić information content (AvgIpc) is 3.26. The molecule has 0 bridgehead atoms. The summed E-state index contributed by atoms with van der Waals surface area (Å²) in [5.41, 5.74) is 4.14. The minimum absolute atomic E-state index is 0.145. The lowest BCUT2D eigenvalue weighted by molar-refractivity contribution is 0.0518. The Labute approximate surface area is 144 Å². The number of likely N-dealkylation sites (tertiary alicyclic amines) is 1. The summed E-state index contributed by atoms with van der Waals surface area (Å²) in [6, 6.07) is 14.9. The van der Waals surface area contributed by atoms with Crippen LogP contribution < -0.4 is 9.47 Å². The number of hydrogen-bond donors (Lipinski definition) is 0. The Morgan fingerprint density at radius 1 is 1.04 bits per heavy atom. The van der Waals surface area contributed by atoms with Gasteiger partial charge in [-0.25, -0.2) is 0 Å². The highest BCUT2D eigenvalue weighted by Gasteiger charge is 2.29. The van der Waals surface area contributed by atoms with Crippen molar-refractivity contribution >= 4 is 0 Å². The fraction of sp³-hybridized carbons (Fsp3) is 0.429. The summed E-state index contributed by atoms with van der Waals surface area (Å²) in [7, 11) is 1.74. The molecule has 3 heteroatoms. The summed E-state index contributed by atoms with van der Waals surface area (Å²) in [6.45, 7) is 2.04. The van der Waals surface area contributed by atoms with E-state index in [9.17, 15) is 0 Å². The van der Waals surface area contributed by atoms with Gasteiger partial charge in [0.15, 0.2) is 17.7 Å². The van der Waals surface area contributed by atoms with Crippen molar-refractivity contribution in [3.8, 4) is 11.5 Å². The topological polar surface area (TPSA) is 21.7 Å². The summed E-state index contributed by atoms with van der Waals surface area (Å²) < 4.78 is 12.1. The molecular formula is C21H25NO2. The van der Waals surface area contributed by atoms with E-state index in [0.29, 0.717) is 0 Å². The van der Waals surface area contributed by atoms with Crippen LogP contribution in [0.3, 0.4) is 0 Å². The van der Waals surface area contributed by atoms with Gasteiger partial charge in [0, 0.05) is 18.7 Å². The first-order valence-electron chi connectivity index (χ1n) is 8.98. The number of methoxy groups -OCH3 is 1. The van der Waals surface area contributed by atoms with Crippen molar-refractivity contribution in [2.75, 3.05) is 13.7 Å². The summed E-state index contributed by atoms with van der Waals surface area (Å²) in [5.74, 6) is 1.86. The molecule has 3 nitrogen and oxygen atoms in total. The van der Waals surface area contributed by atoms with Gasteiger partial charge in [0.1, 0.15) is 0 Å². The normalized spacial score (nSPS) is 20.1. The van der Waals surface area contributed by atoms with Crippen LogP contribution in [0.2, 0.25) is 0 Å². The van der Waals surface area contributed by atoms with Gasteiger partial charge in [-0.1, -0.05) is 36.4 Å². The second-order valence-corrected chi connectivity index (χ2v) is 6.76. The molecule has 2 aliphatic rings. The second-order valence-electron chi connectivity index (χ2n) is 6.76. The molecule has 1 unspecified atom stereocenters. The Balaban J connectivity index is 1.55. The molecule has 1 saturated heterocycles. The lowest BCUT2D eigenvalue weighted by Crippen LogP contribution is -2.33. The molecule has 2 aromatic rings. The zero-order chi connectivity index (χ0) is 16.4. The summed E-state index contributed by atoms with van der Waals surface area (Å²) >= 11 is 0. The number of benzene rings is 2. The first-order valence-corrected chi connectivity index (χ1v) is 8.98. The van der Waals surface area contributed by atoms with E-state index in [1.807, 2.05) is 0 Å². The predicted molar refractivity (Wildman–Crippen MR) is 95.5 cm³/mol. The largest absolute Gasteiger partial charge is 0.493 e. The van der Waals surface area contributed by atoms with Crippen molar-refractivity contribution in [2.45, 2.75) is 44.9 Å². The van der Waals surface area contributed by atoms with Crippen molar-refractivity contribution < 1.29 is 9.47 Å². The van der Waals surface area contributed by atoms with Crippen LogP contribution in [0.25, 0.3) is 0 Å². The molecule has 126 valence electrons. The molecule has 1 aliphatic heterocycles. The van der Waals surface area contributed by atoms with Crippen LogP contribution in [0, 0.1) is 0 Å². The van der Waals surface area contributed by atoms with Crippen LogP contribution in [0.4, 0.5) is 0 Å². The van der Waals surface area contributed by atoms with Gasteiger partial charge in [-0.05, 0) is 49.3 Å². The van der Waals surface area contributed by atoms with E-state index in [0.717, 1.165) is 43.9 Å². The van der Waals surface area contributed by atoms with E-state index in [-0.39, 0.29) is 6.23 Å². The molecule has 1 atom stereocenters. The standard InChI is InChI=1S/C21H25NO2/c1-23-19-13-12-17-9-5-10-18(17)21(19)24-20-11-6-14-22(20)15-16-7-3-2-4-8-16/h2-4,7-8,12-13,20H,5-6,9-11,14-15H2,1H3. The van der Waals surface area contributed by atoms with Crippen LogP contribution in [0.5, 0.6) is 11.5 Å². The van der Waals surface area contributed by atoms with Crippen LogP contribution in [0.1, 0.15) is 36.0 Å². The summed E-state index contributed by atoms with van der Waals surface area (Å²) in [4.78, 5) is 2.45. The maximum atomic E-state index is 6.53. The fourth-order valence-corrected chi connectivity index (χ4v) is 3.96. The zero-order valence-corrected chi connectivity index (χ0v) is 14.3. The van der Waals surface area contributed by atoms with Crippen molar-refractivity contribution in [1.82, 2.24) is 4.90 Å². The maximum absolute atomic E-state index is 6.53. The molecule has 0 saturated carbocycles. The smallest absolute Gasteiger partial charge is 0.167 e. The number of fused-ring (bicyclic) bond motifs is 1. The number of nitrogens with zero attached hydrogens (tertiary/aromatic N) is 1. The molecule has 0 aromatic heterocycles. The first-order chi connectivity index (χ1) is 11.8. The molecule has 1 aliphatic carbocycles. The van der Waals surface area contributed by atoms with Gasteiger partial charge in [-0.2, -0.15) is 0 Å². The van der Waals surface area contributed by atoms with Crippen molar-refractivity contribution in [3.63, 3.8) is 0 Å². The Morgan fingerprint density at radius 2 is 1.92 bits per heavy atom. The predicted octanol–water partition coefficient (Wildman–Crippen LogP) is 4.18. The molecule has 0 N–H and O–H groups in total. The Kier molecular flexibility index (Phi) is 4.44. The highest BCUT2D eigenvalue weighted by molar-refractivity contribution is 5.52. The van der Waals surface area contributed by atoms with Crippen LogP contribution >= 0.6 is 0 Å². The van der Waals surface area contributed by atoms with Crippen LogP contribution in [0.15, 0.2) is 42.5 Å².